The lowest BCUT2D eigenvalue weighted by Crippen LogP contribution is -2.59. The van der Waals surface area contributed by atoms with Gasteiger partial charge in [-0.3, -0.25) is 19.4 Å². The second-order valence-corrected chi connectivity index (χ2v) is 21.4. The molecule has 0 bridgehead atoms. The van der Waals surface area contributed by atoms with Crippen molar-refractivity contribution in [3.05, 3.63) is 41.3 Å². The van der Waals surface area contributed by atoms with Crippen LogP contribution in [0.2, 0.25) is 5.02 Å². The number of aliphatic carboxylic acids is 1. The fourth-order valence-corrected chi connectivity index (χ4v) is 10.8. The summed E-state index contributed by atoms with van der Waals surface area (Å²) in [6.45, 7) is 14.2. The second-order valence-electron chi connectivity index (χ2n) is 20.2. The number of thiazole rings is 1. The van der Waals surface area contributed by atoms with E-state index in [-0.39, 0.29) is 56.3 Å². The van der Waals surface area contributed by atoms with Gasteiger partial charge in [0.25, 0.3) is 0 Å². The number of anilines is 1. The van der Waals surface area contributed by atoms with Crippen LogP contribution in [0.4, 0.5) is 23.1 Å². The zero-order valence-electron chi connectivity index (χ0n) is 38.9. The number of alkyl carbamates (subject to hydrolysis) is 1. The van der Waals surface area contributed by atoms with Gasteiger partial charge in [0.2, 0.25) is 11.8 Å². The van der Waals surface area contributed by atoms with Gasteiger partial charge in [-0.2, -0.15) is 13.2 Å². The first kappa shape index (κ1) is 49.5. The van der Waals surface area contributed by atoms with Crippen molar-refractivity contribution in [2.75, 3.05) is 57.7 Å². The Kier molecular flexibility index (Phi) is 14.2. The molecule has 2 aromatic heterocycles. The Hall–Kier alpha value is -4.92. The van der Waals surface area contributed by atoms with Gasteiger partial charge in [-0.1, -0.05) is 38.4 Å². The first-order valence-electron chi connectivity index (χ1n) is 23.2. The fourth-order valence-electron chi connectivity index (χ4n) is 9.71. The molecule has 2 aliphatic heterocycles. The van der Waals surface area contributed by atoms with Crippen LogP contribution >= 0.6 is 22.9 Å². The van der Waals surface area contributed by atoms with Crippen LogP contribution in [-0.4, -0.2) is 148 Å². The van der Waals surface area contributed by atoms with Crippen LogP contribution in [-0.2, 0) is 19.1 Å². The van der Waals surface area contributed by atoms with Gasteiger partial charge in [-0.05, 0) is 68.9 Å². The van der Waals surface area contributed by atoms with Crippen LogP contribution in [0.25, 0.3) is 22.3 Å². The molecule has 8 rings (SSSR count). The number of carboxylic acids is 1. The maximum Gasteiger partial charge on any atom is 0.408 e. The molecule has 3 aliphatic carbocycles. The van der Waals surface area contributed by atoms with Gasteiger partial charge in [-0.15, -0.1) is 17.9 Å². The first-order chi connectivity index (χ1) is 32.1. The number of aromatic nitrogens is 2. The molecular weight excluding hydrogens is 929 g/mol. The molecule has 3 saturated carbocycles. The Balaban J connectivity index is 1.06. The molecule has 2 unspecified atom stereocenters. The lowest BCUT2D eigenvalue weighted by Gasteiger charge is -2.35. The Morgan fingerprint density at radius 1 is 1.00 bits per heavy atom. The van der Waals surface area contributed by atoms with Crippen molar-refractivity contribution >= 4 is 62.8 Å². The van der Waals surface area contributed by atoms with Gasteiger partial charge in [0.1, 0.15) is 58.7 Å². The van der Waals surface area contributed by atoms with E-state index in [4.69, 9.17) is 35.8 Å². The van der Waals surface area contributed by atoms with Gasteiger partial charge < -0.3 is 40.2 Å². The van der Waals surface area contributed by atoms with Crippen molar-refractivity contribution in [1.29, 1.82) is 0 Å². The standard InChI is InChI=1S/C47H60ClF3N8O8S/c1-7-28-21-46(28,42(62)63)56-40(60)34-19-30(22-59(34)41(61)39(45(4,5)6)55-44(64)67-29-17-26-16-27(26)18-29)66-36-20-32(33-23-68-43(54-33)52-25(2)3)53-38-31(36)8-9-35(37(38)48)65-15-14-57-10-12-58(13-11-57)24-47(49,50)51/h7-9,20,23,25-30,34,39H,1,10-19,21-22,24H2,2-6H3,(H,52,54)(H,55,64)(H,56,60)(H,62,63)/t26-,27+,28-,29+,30?,34+,39-,46?/m1/s1. The molecule has 0 radical (unpaired) electrons. The van der Waals surface area contributed by atoms with E-state index in [1.165, 1.54) is 27.2 Å². The number of carbonyl (C=O) groups excluding carboxylic acids is 3. The van der Waals surface area contributed by atoms with Crippen molar-refractivity contribution in [2.24, 2.45) is 23.2 Å². The van der Waals surface area contributed by atoms with Gasteiger partial charge in [0.05, 0.1) is 24.3 Å². The molecule has 68 heavy (non-hydrogen) atoms. The summed E-state index contributed by atoms with van der Waals surface area (Å²) in [7, 11) is 0. The lowest BCUT2D eigenvalue weighted by molar-refractivity contribution is -0.149. The number of halogens is 4. The summed E-state index contributed by atoms with van der Waals surface area (Å²) in [5.74, 6) is -1.18. The van der Waals surface area contributed by atoms with E-state index < -0.39 is 71.7 Å². The average Bonchev–Trinajstić information content (AvgIpc) is 3.93. The van der Waals surface area contributed by atoms with Gasteiger partial charge in [0, 0.05) is 67.9 Å². The number of benzene rings is 1. The normalized spacial score (nSPS) is 26.5. The molecule has 370 valence electrons. The van der Waals surface area contributed by atoms with Crippen LogP contribution in [0.1, 0.15) is 66.7 Å². The summed E-state index contributed by atoms with van der Waals surface area (Å²) in [6.07, 6.45) is -1.70. The summed E-state index contributed by atoms with van der Waals surface area (Å²) in [5.41, 5.74) is -1.14. The molecule has 16 nitrogen and oxygen atoms in total. The molecule has 21 heteroatoms. The SMILES string of the molecule is C=C[C@@H]1CC1(NC(=O)[C@@H]1CC(Oc2cc(-c3csc(NC(C)C)n3)nc3c(Cl)c(OCCN4CCN(CC(F)(F)F)CC4)ccc23)CN1C(=O)[C@@H](NC(=O)O[C@@H]1C[C@@H]2C[C@@H]2C1)C(C)(C)C)C(=O)O. The number of carboxylic acid groups (broad SMARTS) is 1. The molecule has 4 N–H and O–H groups in total. The van der Waals surface area contributed by atoms with E-state index in [2.05, 4.69) is 22.5 Å². The van der Waals surface area contributed by atoms with Crippen LogP contribution in [0.15, 0.2) is 36.2 Å². The summed E-state index contributed by atoms with van der Waals surface area (Å²) >= 11 is 8.48. The molecule has 2 saturated heterocycles. The van der Waals surface area contributed by atoms with E-state index in [9.17, 15) is 37.5 Å². The number of carbonyl (C=O) groups is 4. The zero-order chi connectivity index (χ0) is 48.9. The minimum atomic E-state index is -4.25. The molecule has 1 aromatic carbocycles. The van der Waals surface area contributed by atoms with E-state index >= 15 is 0 Å². The van der Waals surface area contributed by atoms with E-state index in [1.807, 2.05) is 24.1 Å². The maximum atomic E-state index is 14.8. The van der Waals surface area contributed by atoms with Crippen molar-refractivity contribution in [3.8, 4) is 22.9 Å². The molecule has 4 heterocycles. The van der Waals surface area contributed by atoms with Crippen LogP contribution in [0.3, 0.4) is 0 Å². The van der Waals surface area contributed by atoms with Gasteiger partial charge in [-0.25, -0.2) is 19.6 Å². The maximum absolute atomic E-state index is 14.8. The molecule has 5 aliphatic rings. The molecule has 5 fully saturated rings. The predicted molar refractivity (Wildman–Crippen MR) is 250 cm³/mol. The van der Waals surface area contributed by atoms with Crippen molar-refractivity contribution < 1.29 is 51.7 Å². The van der Waals surface area contributed by atoms with Gasteiger partial charge >= 0.3 is 18.2 Å². The molecular formula is C47H60ClF3N8O8S. The third-order valence-electron chi connectivity index (χ3n) is 13.6. The van der Waals surface area contributed by atoms with Crippen molar-refractivity contribution in [3.63, 3.8) is 0 Å². The molecule has 8 atom stereocenters. The number of amides is 3. The number of ether oxygens (including phenoxy) is 3. The van der Waals surface area contributed by atoms with Crippen LogP contribution in [0.5, 0.6) is 11.5 Å². The van der Waals surface area contributed by atoms with Crippen molar-refractivity contribution in [2.45, 2.75) is 109 Å². The highest BCUT2D eigenvalue weighted by Crippen LogP contribution is 2.52. The number of likely N-dealkylation sites (tertiary alicyclic amines) is 1. The minimum Gasteiger partial charge on any atom is -0.491 e. The predicted octanol–water partition coefficient (Wildman–Crippen LogP) is 6.82. The number of fused-ring (bicyclic) bond motifs is 2. The molecule has 0 spiro atoms. The summed E-state index contributed by atoms with van der Waals surface area (Å²) in [5, 5.41) is 22.2. The lowest BCUT2D eigenvalue weighted by atomic mass is 9.85. The number of nitrogens with zero attached hydrogens (tertiary/aromatic N) is 5. The van der Waals surface area contributed by atoms with Gasteiger partial charge in [0.15, 0.2) is 5.13 Å². The quantitative estimate of drug-likeness (QED) is 0.103. The highest BCUT2D eigenvalue weighted by Gasteiger charge is 2.61. The third-order valence-corrected chi connectivity index (χ3v) is 14.7. The Morgan fingerprint density at radius 2 is 1.71 bits per heavy atom. The second kappa shape index (κ2) is 19.5. The molecule has 3 aromatic rings. The summed E-state index contributed by atoms with van der Waals surface area (Å²) in [4.78, 5) is 69.5. The smallest absolute Gasteiger partial charge is 0.408 e. The van der Waals surface area contributed by atoms with Crippen molar-refractivity contribution in [1.82, 2.24) is 35.3 Å². The Labute approximate surface area is 402 Å². The first-order valence-corrected chi connectivity index (χ1v) is 24.5. The highest BCUT2D eigenvalue weighted by molar-refractivity contribution is 7.14. The largest absolute Gasteiger partial charge is 0.491 e. The topological polar surface area (TPSA) is 188 Å². The molecule has 3 amide bonds. The highest BCUT2D eigenvalue weighted by atomic mass is 35.5. The number of hydrogen-bond donors (Lipinski definition) is 4. The monoisotopic (exact) mass is 988 g/mol. The Morgan fingerprint density at radius 3 is 2.34 bits per heavy atom. The number of nitrogens with one attached hydrogen (secondary N) is 3. The average molecular weight is 990 g/mol. The minimum absolute atomic E-state index is 0.0319. The Bertz CT molecular complexity index is 2400. The number of piperazine rings is 1. The number of alkyl halides is 3. The summed E-state index contributed by atoms with van der Waals surface area (Å²) < 4.78 is 57.5. The van der Waals surface area contributed by atoms with Crippen LogP contribution in [0, 0.1) is 23.2 Å². The summed E-state index contributed by atoms with van der Waals surface area (Å²) in [6, 6.07) is 2.93. The number of hydrogen-bond acceptors (Lipinski definition) is 13. The third kappa shape index (κ3) is 11.2. The number of rotatable bonds is 17. The van der Waals surface area contributed by atoms with Crippen LogP contribution < -0.4 is 25.4 Å². The zero-order valence-corrected chi connectivity index (χ0v) is 40.4. The number of pyridine rings is 1. The van der Waals surface area contributed by atoms with E-state index in [0.717, 1.165) is 19.3 Å². The van der Waals surface area contributed by atoms with E-state index in [0.29, 0.717) is 70.4 Å². The van der Waals surface area contributed by atoms with E-state index in [1.54, 1.807) is 39.0 Å². The fraction of sp³-hybridized carbons (Fsp3) is 0.617.